The molecule has 0 aliphatic heterocycles. The molecule has 0 aromatic heterocycles. The SMILES string of the molecule is CNC(=O)CCCCCCC=C[C@@H]1Cc2cc(OCc3ccccc3)ccc2C2CC[C@@]3(C)C(CC[C@@H]3O)C21. The van der Waals surface area contributed by atoms with Crippen molar-refractivity contribution in [2.75, 3.05) is 7.05 Å². The van der Waals surface area contributed by atoms with Crippen LogP contribution in [0.4, 0.5) is 0 Å². The van der Waals surface area contributed by atoms with Gasteiger partial charge in [0, 0.05) is 13.5 Å². The van der Waals surface area contributed by atoms with Gasteiger partial charge in [0.15, 0.2) is 0 Å². The van der Waals surface area contributed by atoms with Crippen LogP contribution in [-0.4, -0.2) is 24.2 Å². The molecule has 3 aliphatic rings. The molecule has 39 heavy (non-hydrogen) atoms. The van der Waals surface area contributed by atoms with Crippen molar-refractivity contribution in [3.8, 4) is 5.75 Å². The number of aliphatic hydroxyl groups is 1. The minimum absolute atomic E-state index is 0.0638. The Bertz CT molecular complexity index is 1130. The molecule has 2 N–H and O–H groups in total. The number of amides is 1. The highest BCUT2D eigenvalue weighted by Gasteiger charge is 2.56. The third kappa shape index (κ3) is 6.27. The van der Waals surface area contributed by atoms with Crippen molar-refractivity contribution in [2.45, 2.75) is 96.2 Å². The van der Waals surface area contributed by atoms with E-state index in [0.29, 0.717) is 36.7 Å². The number of allylic oxidation sites excluding steroid dienone is 2. The number of carbonyl (C=O) groups excluding carboxylic acids is 1. The first-order valence-corrected chi connectivity index (χ1v) is 15.3. The maximum Gasteiger partial charge on any atom is 0.219 e. The Morgan fingerprint density at radius 2 is 1.90 bits per heavy atom. The van der Waals surface area contributed by atoms with Crippen LogP contribution in [0.1, 0.15) is 93.7 Å². The third-order valence-electron chi connectivity index (χ3n) is 10.2. The van der Waals surface area contributed by atoms with Gasteiger partial charge in [-0.2, -0.15) is 0 Å². The highest BCUT2D eigenvalue weighted by molar-refractivity contribution is 5.75. The van der Waals surface area contributed by atoms with Crippen molar-refractivity contribution in [1.82, 2.24) is 5.32 Å². The number of ether oxygens (including phenoxy) is 1. The molecule has 210 valence electrons. The molecule has 3 unspecified atom stereocenters. The van der Waals surface area contributed by atoms with Crippen LogP contribution >= 0.6 is 0 Å². The Labute approximate surface area is 235 Å². The normalized spacial score (nSPS) is 29.5. The van der Waals surface area contributed by atoms with Gasteiger partial charge >= 0.3 is 0 Å². The number of benzene rings is 2. The van der Waals surface area contributed by atoms with Gasteiger partial charge < -0.3 is 15.2 Å². The van der Waals surface area contributed by atoms with E-state index in [4.69, 9.17) is 4.74 Å². The summed E-state index contributed by atoms with van der Waals surface area (Å²) in [6, 6.07) is 17.2. The molecule has 0 spiro atoms. The van der Waals surface area contributed by atoms with Gasteiger partial charge in [-0.3, -0.25) is 4.79 Å². The van der Waals surface area contributed by atoms with Crippen LogP contribution in [0.3, 0.4) is 0 Å². The molecule has 0 bridgehead atoms. The summed E-state index contributed by atoms with van der Waals surface area (Å²) in [5.41, 5.74) is 4.23. The average Bonchev–Trinajstić information content (AvgIpc) is 3.27. The second-order valence-electron chi connectivity index (χ2n) is 12.5. The van der Waals surface area contributed by atoms with E-state index in [1.54, 1.807) is 7.05 Å². The third-order valence-corrected chi connectivity index (χ3v) is 10.2. The van der Waals surface area contributed by atoms with Crippen LogP contribution in [-0.2, 0) is 17.8 Å². The molecule has 0 radical (unpaired) electrons. The predicted octanol–water partition coefficient (Wildman–Crippen LogP) is 7.35. The van der Waals surface area contributed by atoms with Crippen LogP contribution in [0.2, 0.25) is 0 Å². The van der Waals surface area contributed by atoms with E-state index in [9.17, 15) is 9.90 Å². The van der Waals surface area contributed by atoms with Gasteiger partial charge in [0.25, 0.3) is 0 Å². The average molecular weight is 530 g/mol. The first kappa shape index (κ1) is 28.0. The molecule has 3 aliphatic carbocycles. The quantitative estimate of drug-likeness (QED) is 0.236. The van der Waals surface area contributed by atoms with Crippen LogP contribution in [0.5, 0.6) is 5.75 Å². The largest absolute Gasteiger partial charge is 0.489 e. The number of rotatable bonds is 11. The van der Waals surface area contributed by atoms with E-state index in [1.807, 2.05) is 6.07 Å². The molecular weight excluding hydrogens is 482 g/mol. The molecule has 4 nitrogen and oxygen atoms in total. The van der Waals surface area contributed by atoms with E-state index >= 15 is 0 Å². The summed E-state index contributed by atoms with van der Waals surface area (Å²) in [5.74, 6) is 3.38. The fourth-order valence-electron chi connectivity index (χ4n) is 7.96. The summed E-state index contributed by atoms with van der Waals surface area (Å²) in [6.45, 7) is 2.96. The predicted molar refractivity (Wildman–Crippen MR) is 158 cm³/mol. The summed E-state index contributed by atoms with van der Waals surface area (Å²) in [5, 5.41) is 13.7. The topological polar surface area (TPSA) is 58.6 Å². The summed E-state index contributed by atoms with van der Waals surface area (Å²) >= 11 is 0. The van der Waals surface area contributed by atoms with E-state index < -0.39 is 0 Å². The summed E-state index contributed by atoms with van der Waals surface area (Å²) in [4.78, 5) is 11.4. The molecule has 5 rings (SSSR count). The Morgan fingerprint density at radius 1 is 1.08 bits per heavy atom. The molecule has 0 heterocycles. The molecule has 2 saturated carbocycles. The summed E-state index contributed by atoms with van der Waals surface area (Å²) in [7, 11) is 1.71. The Kier molecular flexibility index (Phi) is 9.12. The first-order valence-electron chi connectivity index (χ1n) is 15.3. The fourth-order valence-corrected chi connectivity index (χ4v) is 7.96. The zero-order chi connectivity index (χ0) is 27.2. The lowest BCUT2D eigenvalue weighted by molar-refractivity contribution is -0.120. The van der Waals surface area contributed by atoms with Crippen LogP contribution in [0.15, 0.2) is 60.7 Å². The lowest BCUT2D eigenvalue weighted by Gasteiger charge is -2.52. The van der Waals surface area contributed by atoms with E-state index in [-0.39, 0.29) is 17.4 Å². The fraction of sp³-hybridized carbons (Fsp3) is 0.571. The molecule has 2 aromatic rings. The number of fused-ring (bicyclic) bond motifs is 5. The molecule has 0 saturated heterocycles. The highest BCUT2D eigenvalue weighted by Crippen LogP contribution is 2.62. The molecule has 1 amide bonds. The standard InChI is InChI=1S/C35H47NO3/c1-35-21-20-30-29-17-16-28(39-24-25-12-8-7-9-13-25)23-27(29)22-26(34(30)31(35)18-19-32(35)37)14-10-5-3-4-6-11-15-33(38)36-2/h7-10,12-14,16-17,23,26,30-32,34,37H,3-6,11,15,18-22,24H2,1-2H3,(H,36,38)/t26-,30?,31?,32+,34?,35+/m1/s1. The summed E-state index contributed by atoms with van der Waals surface area (Å²) in [6.07, 6.45) is 16.5. The highest BCUT2D eigenvalue weighted by atomic mass is 16.5. The molecular formula is C35H47NO3. The lowest BCUT2D eigenvalue weighted by Crippen LogP contribution is -2.46. The van der Waals surface area contributed by atoms with Crippen molar-refractivity contribution in [2.24, 2.45) is 23.2 Å². The second kappa shape index (κ2) is 12.7. The Balaban J connectivity index is 1.28. The van der Waals surface area contributed by atoms with Gasteiger partial charge in [-0.1, -0.05) is 68.3 Å². The van der Waals surface area contributed by atoms with E-state index in [0.717, 1.165) is 50.7 Å². The molecule has 2 aromatic carbocycles. The molecule has 2 fully saturated rings. The zero-order valence-electron chi connectivity index (χ0n) is 23.9. The minimum atomic E-state index is -0.155. The van der Waals surface area contributed by atoms with Crippen LogP contribution < -0.4 is 10.1 Å². The monoisotopic (exact) mass is 529 g/mol. The van der Waals surface area contributed by atoms with Gasteiger partial charge in [0.2, 0.25) is 5.91 Å². The van der Waals surface area contributed by atoms with Gasteiger partial charge in [0.05, 0.1) is 6.10 Å². The maximum absolute atomic E-state index is 11.4. The number of aliphatic hydroxyl groups excluding tert-OH is 1. The first-order chi connectivity index (χ1) is 19.0. The number of nitrogens with one attached hydrogen (secondary N) is 1. The van der Waals surface area contributed by atoms with Gasteiger partial charge in [-0.25, -0.2) is 0 Å². The Morgan fingerprint density at radius 3 is 2.72 bits per heavy atom. The van der Waals surface area contributed by atoms with E-state index in [2.05, 4.69) is 66.9 Å². The number of hydrogen-bond donors (Lipinski definition) is 2. The van der Waals surface area contributed by atoms with Crippen molar-refractivity contribution in [3.05, 3.63) is 77.4 Å². The minimum Gasteiger partial charge on any atom is -0.489 e. The number of hydrogen-bond acceptors (Lipinski definition) is 3. The van der Waals surface area contributed by atoms with Gasteiger partial charge in [-0.05, 0) is 109 Å². The summed E-state index contributed by atoms with van der Waals surface area (Å²) < 4.78 is 6.22. The van der Waals surface area contributed by atoms with Crippen molar-refractivity contribution < 1.29 is 14.6 Å². The Hall–Kier alpha value is -2.59. The zero-order valence-corrected chi connectivity index (χ0v) is 23.9. The smallest absolute Gasteiger partial charge is 0.219 e. The van der Waals surface area contributed by atoms with Gasteiger partial charge in [0.1, 0.15) is 12.4 Å². The second-order valence-corrected chi connectivity index (χ2v) is 12.5. The molecule has 4 heteroatoms. The maximum atomic E-state index is 11.4. The number of carbonyl (C=O) groups is 1. The number of unbranched alkanes of at least 4 members (excludes halogenated alkanes) is 4. The van der Waals surface area contributed by atoms with Gasteiger partial charge in [-0.15, -0.1) is 0 Å². The van der Waals surface area contributed by atoms with Crippen LogP contribution in [0.25, 0.3) is 0 Å². The van der Waals surface area contributed by atoms with Crippen molar-refractivity contribution in [3.63, 3.8) is 0 Å². The van der Waals surface area contributed by atoms with Crippen LogP contribution in [0, 0.1) is 23.2 Å². The van der Waals surface area contributed by atoms with Crippen molar-refractivity contribution in [1.29, 1.82) is 0 Å². The van der Waals surface area contributed by atoms with E-state index in [1.165, 1.54) is 36.0 Å². The van der Waals surface area contributed by atoms with Crippen molar-refractivity contribution >= 4 is 5.91 Å². The molecule has 6 atom stereocenters. The lowest BCUT2D eigenvalue weighted by atomic mass is 9.52.